The number of carbonyl (C=O) groups excluding carboxylic acids is 2. The topological polar surface area (TPSA) is 180 Å². The Labute approximate surface area is 171 Å². The van der Waals surface area contributed by atoms with Crippen LogP contribution in [0.5, 0.6) is 0 Å². The van der Waals surface area contributed by atoms with E-state index in [0.29, 0.717) is 17.3 Å². The Kier molecular flexibility index (Phi) is 5.02. The van der Waals surface area contributed by atoms with Gasteiger partial charge in [-0.05, 0) is 11.3 Å². The Morgan fingerprint density at radius 3 is 2.97 bits per heavy atom. The maximum absolute atomic E-state index is 12.8. The molecule has 4 heterocycles. The fraction of sp³-hybridized carbons (Fsp3) is 0.267. The third-order valence-corrected chi connectivity index (χ3v) is 6.09. The van der Waals surface area contributed by atoms with Crippen LogP contribution in [0.4, 0.5) is 5.13 Å². The SMILES string of the molecule is Nc1nc(/C(=C/CC(=O)O)C(=O)N[C@@H]2C(=O)N3C(c4nn[nH]n4)=CCS[C@H]23)cs1. The zero-order valence-electron chi connectivity index (χ0n) is 14.6. The molecule has 0 aliphatic carbocycles. The second-order valence-corrected chi connectivity index (χ2v) is 8.03. The van der Waals surface area contributed by atoms with Crippen molar-refractivity contribution in [1.82, 2.24) is 35.8 Å². The van der Waals surface area contributed by atoms with Crippen molar-refractivity contribution >= 4 is 57.3 Å². The number of carboxylic acid groups (broad SMARTS) is 1. The van der Waals surface area contributed by atoms with Gasteiger partial charge in [-0.2, -0.15) is 5.21 Å². The van der Waals surface area contributed by atoms with Gasteiger partial charge in [-0.15, -0.1) is 33.3 Å². The summed E-state index contributed by atoms with van der Waals surface area (Å²) in [7, 11) is 0. The first kappa shape index (κ1) is 19.1. The molecule has 14 heteroatoms. The van der Waals surface area contributed by atoms with Gasteiger partial charge in [0, 0.05) is 11.1 Å². The van der Waals surface area contributed by atoms with E-state index in [9.17, 15) is 14.4 Å². The number of hydrogen-bond acceptors (Lipinski definition) is 10. The number of nitrogen functional groups attached to an aromatic ring is 1. The van der Waals surface area contributed by atoms with Gasteiger partial charge < -0.3 is 16.2 Å². The number of rotatable bonds is 6. The number of nitrogens with zero attached hydrogens (tertiary/aromatic N) is 5. The summed E-state index contributed by atoms with van der Waals surface area (Å²) in [6, 6.07) is -0.771. The number of fused-ring (bicyclic) bond motifs is 1. The molecule has 2 amide bonds. The van der Waals surface area contributed by atoms with Gasteiger partial charge in [0.15, 0.2) is 5.13 Å². The number of carboxylic acids is 1. The van der Waals surface area contributed by atoms with Gasteiger partial charge in [-0.1, -0.05) is 6.08 Å². The molecule has 2 aliphatic rings. The molecule has 29 heavy (non-hydrogen) atoms. The second-order valence-electron chi connectivity index (χ2n) is 5.99. The molecule has 0 saturated carbocycles. The van der Waals surface area contributed by atoms with Crippen LogP contribution in [0.2, 0.25) is 0 Å². The van der Waals surface area contributed by atoms with Crippen molar-refractivity contribution in [1.29, 1.82) is 0 Å². The first-order chi connectivity index (χ1) is 14.0. The number of nitrogens with one attached hydrogen (secondary N) is 2. The van der Waals surface area contributed by atoms with E-state index in [4.69, 9.17) is 10.8 Å². The molecule has 4 rings (SSSR count). The summed E-state index contributed by atoms with van der Waals surface area (Å²) in [5.41, 5.74) is 6.48. The highest BCUT2D eigenvalue weighted by Crippen LogP contribution is 2.40. The van der Waals surface area contributed by atoms with Gasteiger partial charge >= 0.3 is 5.97 Å². The van der Waals surface area contributed by atoms with Crippen LogP contribution in [-0.2, 0) is 14.4 Å². The van der Waals surface area contributed by atoms with Crippen LogP contribution in [0.25, 0.3) is 11.3 Å². The average Bonchev–Trinajstić information content (AvgIpc) is 3.37. The number of thioether (sulfide) groups is 1. The molecule has 2 aliphatic heterocycles. The molecule has 2 aromatic rings. The number of aromatic amines is 1. The van der Waals surface area contributed by atoms with E-state index >= 15 is 0 Å². The van der Waals surface area contributed by atoms with Gasteiger partial charge in [0.05, 0.1) is 23.4 Å². The van der Waals surface area contributed by atoms with Crippen molar-refractivity contribution in [3.63, 3.8) is 0 Å². The Morgan fingerprint density at radius 2 is 2.31 bits per heavy atom. The van der Waals surface area contributed by atoms with Crippen LogP contribution in [0, 0.1) is 0 Å². The largest absolute Gasteiger partial charge is 0.481 e. The first-order valence-corrected chi connectivity index (χ1v) is 10.2. The lowest BCUT2D eigenvalue weighted by molar-refractivity contribution is -0.143. The minimum Gasteiger partial charge on any atom is -0.481 e. The van der Waals surface area contributed by atoms with Crippen LogP contribution < -0.4 is 11.1 Å². The molecule has 0 radical (unpaired) electrons. The van der Waals surface area contributed by atoms with Crippen molar-refractivity contribution in [2.45, 2.75) is 17.8 Å². The van der Waals surface area contributed by atoms with Gasteiger partial charge in [-0.25, -0.2) is 4.98 Å². The van der Waals surface area contributed by atoms with Crippen molar-refractivity contribution in [2.24, 2.45) is 0 Å². The van der Waals surface area contributed by atoms with Crippen LogP contribution >= 0.6 is 23.1 Å². The molecule has 150 valence electrons. The molecular formula is C15H14N8O4S2. The molecule has 1 saturated heterocycles. The maximum Gasteiger partial charge on any atom is 0.307 e. The fourth-order valence-electron chi connectivity index (χ4n) is 2.95. The van der Waals surface area contributed by atoms with E-state index in [1.807, 2.05) is 6.08 Å². The summed E-state index contributed by atoms with van der Waals surface area (Å²) in [5, 5.41) is 26.8. The summed E-state index contributed by atoms with van der Waals surface area (Å²) >= 11 is 2.61. The average molecular weight is 434 g/mol. The van der Waals surface area contributed by atoms with Gasteiger partial charge in [0.1, 0.15) is 11.4 Å². The normalized spacial score (nSPS) is 21.2. The Balaban J connectivity index is 1.52. The van der Waals surface area contributed by atoms with Crippen molar-refractivity contribution in [3.05, 3.63) is 29.1 Å². The molecule has 0 spiro atoms. The molecule has 0 unspecified atom stereocenters. The number of nitrogens with two attached hydrogens (primary N) is 1. The fourth-order valence-corrected chi connectivity index (χ4v) is 4.71. The third kappa shape index (κ3) is 3.58. The Hall–Kier alpha value is -3.26. The Bertz CT molecular complexity index is 1030. The first-order valence-electron chi connectivity index (χ1n) is 8.28. The predicted molar refractivity (Wildman–Crippen MR) is 104 cm³/mol. The highest BCUT2D eigenvalue weighted by atomic mass is 32.2. The number of thiazole rings is 1. The lowest BCUT2D eigenvalue weighted by Crippen LogP contribution is -2.69. The highest BCUT2D eigenvalue weighted by molar-refractivity contribution is 8.00. The number of tetrazole rings is 1. The molecule has 1 fully saturated rings. The van der Waals surface area contributed by atoms with Crippen molar-refractivity contribution < 1.29 is 19.5 Å². The number of β-lactam (4-membered cyclic amide) rings is 1. The number of carbonyl (C=O) groups is 3. The molecule has 12 nitrogen and oxygen atoms in total. The second kappa shape index (κ2) is 7.63. The van der Waals surface area contributed by atoms with Gasteiger partial charge in [0.2, 0.25) is 5.82 Å². The summed E-state index contributed by atoms with van der Waals surface area (Å²) in [6.07, 6.45) is 2.71. The predicted octanol–water partition coefficient (Wildman–Crippen LogP) is -0.463. The zero-order valence-corrected chi connectivity index (χ0v) is 16.2. The number of hydrogen-bond donors (Lipinski definition) is 4. The lowest BCUT2D eigenvalue weighted by atomic mass is 10.0. The van der Waals surface area contributed by atoms with Gasteiger partial charge in [-0.3, -0.25) is 19.3 Å². The lowest BCUT2D eigenvalue weighted by Gasteiger charge is -2.48. The Morgan fingerprint density at radius 1 is 1.48 bits per heavy atom. The van der Waals surface area contributed by atoms with E-state index in [1.165, 1.54) is 22.7 Å². The minimum atomic E-state index is -1.10. The van der Waals surface area contributed by atoms with E-state index in [-0.39, 0.29) is 34.1 Å². The number of aromatic nitrogens is 5. The standard InChI is InChI=1S/C15H14N8O4S2/c16-15-17-7(5-29-15)6(1-2-9(24)25)12(26)18-10-13(27)23-8(3-4-28-14(10)23)11-19-21-22-20-11/h1,3,5,10,14H,2,4H2,(H2,16,17)(H,18,26)(H,24,25)(H,19,20,21,22)/b6-1-/t10-,14-/m1/s1. The third-order valence-electron chi connectivity index (χ3n) is 4.23. The maximum atomic E-state index is 12.8. The zero-order chi connectivity index (χ0) is 20.5. The molecule has 5 N–H and O–H groups in total. The van der Waals surface area contributed by atoms with Crippen LogP contribution in [0.15, 0.2) is 17.5 Å². The summed E-state index contributed by atoms with van der Waals surface area (Å²) in [4.78, 5) is 42.0. The van der Waals surface area contributed by atoms with Crippen molar-refractivity contribution in [3.8, 4) is 0 Å². The minimum absolute atomic E-state index is 0.0568. The number of anilines is 1. The molecule has 0 bridgehead atoms. The summed E-state index contributed by atoms with van der Waals surface area (Å²) < 4.78 is 0. The van der Waals surface area contributed by atoms with Gasteiger partial charge in [0.25, 0.3) is 11.8 Å². The molecular weight excluding hydrogens is 420 g/mol. The molecule has 0 aromatic carbocycles. The highest BCUT2D eigenvalue weighted by Gasteiger charge is 2.52. The monoisotopic (exact) mass is 434 g/mol. The summed E-state index contributed by atoms with van der Waals surface area (Å²) in [5.74, 6) is -1.10. The quantitative estimate of drug-likeness (QED) is 0.343. The number of aliphatic carboxylic acids is 1. The molecule has 2 atom stereocenters. The molecule has 2 aromatic heterocycles. The van der Waals surface area contributed by atoms with E-state index in [0.717, 1.165) is 11.3 Å². The van der Waals surface area contributed by atoms with Crippen LogP contribution in [0.1, 0.15) is 17.9 Å². The van der Waals surface area contributed by atoms with E-state index in [1.54, 1.807) is 5.38 Å². The van der Waals surface area contributed by atoms with Crippen LogP contribution in [0.3, 0.4) is 0 Å². The number of amides is 2. The number of H-pyrrole nitrogens is 1. The smallest absolute Gasteiger partial charge is 0.307 e. The van der Waals surface area contributed by atoms with Crippen LogP contribution in [-0.4, -0.2) is 70.6 Å². The van der Waals surface area contributed by atoms with E-state index in [2.05, 4.69) is 30.9 Å². The summed E-state index contributed by atoms with van der Waals surface area (Å²) in [6.45, 7) is 0. The van der Waals surface area contributed by atoms with Crippen molar-refractivity contribution in [2.75, 3.05) is 11.5 Å². The van der Waals surface area contributed by atoms with E-state index < -0.39 is 17.9 Å².